The van der Waals surface area contributed by atoms with E-state index in [4.69, 9.17) is 5.73 Å². The Hall–Kier alpha value is -1.18. The molecular weight excluding hydrogens is 160 g/mol. The van der Waals surface area contributed by atoms with Gasteiger partial charge in [0, 0.05) is 13.1 Å². The van der Waals surface area contributed by atoms with Gasteiger partial charge in [0.1, 0.15) is 0 Å². The molecule has 1 aliphatic rings. The number of nitrogens with zero attached hydrogens (tertiary/aromatic N) is 1. The SMILES string of the molecule is Cc1ccc(N2CC(C)C2)c(N)c1. The van der Waals surface area contributed by atoms with E-state index in [0.29, 0.717) is 0 Å². The standard InChI is InChI=1S/C11H16N2/c1-8-3-4-11(10(12)5-8)13-6-9(2)7-13/h3-5,9H,6-7,12H2,1-2H3. The third-order valence-electron chi connectivity index (χ3n) is 2.59. The summed E-state index contributed by atoms with van der Waals surface area (Å²) in [6, 6.07) is 6.28. The van der Waals surface area contributed by atoms with Crippen LogP contribution in [-0.2, 0) is 0 Å². The zero-order valence-corrected chi connectivity index (χ0v) is 8.25. The highest BCUT2D eigenvalue weighted by Gasteiger charge is 2.23. The van der Waals surface area contributed by atoms with Crippen LogP contribution in [-0.4, -0.2) is 13.1 Å². The summed E-state index contributed by atoms with van der Waals surface area (Å²) < 4.78 is 0. The zero-order chi connectivity index (χ0) is 9.42. The molecule has 1 aliphatic heterocycles. The first-order valence-corrected chi connectivity index (χ1v) is 4.78. The van der Waals surface area contributed by atoms with Gasteiger partial charge < -0.3 is 10.6 Å². The second-order valence-corrected chi connectivity index (χ2v) is 4.07. The lowest BCUT2D eigenvalue weighted by Gasteiger charge is -2.39. The predicted octanol–water partition coefficient (Wildman–Crippen LogP) is 2.03. The van der Waals surface area contributed by atoms with Gasteiger partial charge in [0.05, 0.1) is 11.4 Å². The summed E-state index contributed by atoms with van der Waals surface area (Å²) in [6.45, 7) is 6.63. The minimum absolute atomic E-state index is 0.820. The highest BCUT2D eigenvalue weighted by atomic mass is 15.2. The Morgan fingerprint density at radius 3 is 2.62 bits per heavy atom. The van der Waals surface area contributed by atoms with E-state index in [1.807, 2.05) is 6.07 Å². The van der Waals surface area contributed by atoms with E-state index in [2.05, 4.69) is 30.9 Å². The molecule has 0 atom stereocenters. The monoisotopic (exact) mass is 176 g/mol. The lowest BCUT2D eigenvalue weighted by Crippen LogP contribution is -2.45. The largest absolute Gasteiger partial charge is 0.397 e. The summed E-state index contributed by atoms with van der Waals surface area (Å²) in [7, 11) is 0. The van der Waals surface area contributed by atoms with Crippen LogP contribution in [0.4, 0.5) is 11.4 Å². The van der Waals surface area contributed by atoms with Crippen LogP contribution in [0.5, 0.6) is 0 Å². The van der Waals surface area contributed by atoms with E-state index in [9.17, 15) is 0 Å². The molecule has 1 aromatic rings. The first-order chi connectivity index (χ1) is 6.16. The number of hydrogen-bond donors (Lipinski definition) is 1. The Kier molecular flexibility index (Phi) is 1.91. The normalized spacial score (nSPS) is 17.2. The van der Waals surface area contributed by atoms with Crippen LogP contribution in [0.1, 0.15) is 12.5 Å². The van der Waals surface area contributed by atoms with Crippen LogP contribution in [0.2, 0.25) is 0 Å². The minimum atomic E-state index is 0.820. The highest BCUT2D eigenvalue weighted by Crippen LogP contribution is 2.29. The van der Waals surface area contributed by atoms with Gasteiger partial charge in [-0.1, -0.05) is 13.0 Å². The fourth-order valence-corrected chi connectivity index (χ4v) is 1.86. The fourth-order valence-electron chi connectivity index (χ4n) is 1.86. The molecule has 0 radical (unpaired) electrons. The second kappa shape index (κ2) is 2.95. The molecule has 70 valence electrons. The molecule has 0 spiro atoms. The van der Waals surface area contributed by atoms with Gasteiger partial charge in [0.2, 0.25) is 0 Å². The van der Waals surface area contributed by atoms with Crippen LogP contribution < -0.4 is 10.6 Å². The van der Waals surface area contributed by atoms with E-state index < -0.39 is 0 Å². The lowest BCUT2D eigenvalue weighted by atomic mass is 10.0. The number of nitrogens with two attached hydrogens (primary N) is 1. The molecule has 2 heteroatoms. The van der Waals surface area contributed by atoms with E-state index in [0.717, 1.165) is 24.7 Å². The number of hydrogen-bond acceptors (Lipinski definition) is 2. The molecular formula is C11H16N2. The predicted molar refractivity (Wildman–Crippen MR) is 57.0 cm³/mol. The molecule has 1 heterocycles. The van der Waals surface area contributed by atoms with E-state index >= 15 is 0 Å². The Bertz CT molecular complexity index is 314. The van der Waals surface area contributed by atoms with Crippen molar-refractivity contribution in [3.05, 3.63) is 23.8 Å². The first kappa shape index (κ1) is 8.42. The van der Waals surface area contributed by atoms with Crippen molar-refractivity contribution in [3.63, 3.8) is 0 Å². The van der Waals surface area contributed by atoms with Gasteiger partial charge in [-0.05, 0) is 30.5 Å². The molecule has 0 amide bonds. The van der Waals surface area contributed by atoms with Crippen LogP contribution in [0.15, 0.2) is 18.2 Å². The molecule has 0 unspecified atom stereocenters. The van der Waals surface area contributed by atoms with Crippen LogP contribution >= 0.6 is 0 Å². The Balaban J connectivity index is 2.21. The van der Waals surface area contributed by atoms with Crippen LogP contribution in [0.25, 0.3) is 0 Å². The molecule has 13 heavy (non-hydrogen) atoms. The van der Waals surface area contributed by atoms with Gasteiger partial charge in [-0.3, -0.25) is 0 Å². The smallest absolute Gasteiger partial charge is 0.0600 e. The molecule has 2 rings (SSSR count). The summed E-state index contributed by atoms with van der Waals surface area (Å²) in [4.78, 5) is 2.33. The van der Waals surface area contributed by atoms with Crippen molar-refractivity contribution < 1.29 is 0 Å². The average Bonchev–Trinajstić information content (AvgIpc) is 2.00. The minimum Gasteiger partial charge on any atom is -0.397 e. The maximum atomic E-state index is 5.94. The number of rotatable bonds is 1. The van der Waals surface area contributed by atoms with Crippen molar-refractivity contribution in [3.8, 4) is 0 Å². The topological polar surface area (TPSA) is 29.3 Å². The third kappa shape index (κ3) is 1.48. The summed E-state index contributed by atoms with van der Waals surface area (Å²) in [6.07, 6.45) is 0. The van der Waals surface area contributed by atoms with Gasteiger partial charge in [0.25, 0.3) is 0 Å². The number of anilines is 2. The van der Waals surface area contributed by atoms with Gasteiger partial charge >= 0.3 is 0 Å². The quantitative estimate of drug-likeness (QED) is 0.663. The van der Waals surface area contributed by atoms with Crippen molar-refractivity contribution in [2.75, 3.05) is 23.7 Å². The number of nitrogen functional groups attached to an aromatic ring is 1. The fraction of sp³-hybridized carbons (Fsp3) is 0.455. The molecule has 1 aromatic carbocycles. The molecule has 0 saturated carbocycles. The molecule has 2 nitrogen and oxygen atoms in total. The number of aryl methyl sites for hydroxylation is 1. The van der Waals surface area contributed by atoms with Gasteiger partial charge in [-0.25, -0.2) is 0 Å². The van der Waals surface area contributed by atoms with Gasteiger partial charge in [0.15, 0.2) is 0 Å². The van der Waals surface area contributed by atoms with Crippen molar-refractivity contribution in [2.45, 2.75) is 13.8 Å². The maximum absolute atomic E-state index is 5.94. The van der Waals surface area contributed by atoms with Crippen molar-refractivity contribution in [2.24, 2.45) is 5.92 Å². The highest BCUT2D eigenvalue weighted by molar-refractivity contribution is 5.69. The van der Waals surface area contributed by atoms with Crippen molar-refractivity contribution in [1.29, 1.82) is 0 Å². The van der Waals surface area contributed by atoms with Crippen molar-refractivity contribution in [1.82, 2.24) is 0 Å². The molecule has 0 aromatic heterocycles. The molecule has 1 fully saturated rings. The maximum Gasteiger partial charge on any atom is 0.0600 e. The Labute approximate surface area is 79.4 Å². The molecule has 1 saturated heterocycles. The molecule has 0 aliphatic carbocycles. The summed E-state index contributed by atoms with van der Waals surface area (Å²) in [5, 5.41) is 0. The number of benzene rings is 1. The van der Waals surface area contributed by atoms with E-state index in [-0.39, 0.29) is 0 Å². The van der Waals surface area contributed by atoms with E-state index in [1.54, 1.807) is 0 Å². The lowest BCUT2D eigenvalue weighted by molar-refractivity contribution is 0.448. The zero-order valence-electron chi connectivity index (χ0n) is 8.25. The van der Waals surface area contributed by atoms with Crippen LogP contribution in [0, 0.1) is 12.8 Å². The Morgan fingerprint density at radius 1 is 1.38 bits per heavy atom. The van der Waals surface area contributed by atoms with Crippen molar-refractivity contribution >= 4 is 11.4 Å². The molecule has 0 bridgehead atoms. The Morgan fingerprint density at radius 2 is 2.08 bits per heavy atom. The second-order valence-electron chi connectivity index (χ2n) is 4.07. The van der Waals surface area contributed by atoms with Crippen LogP contribution in [0.3, 0.4) is 0 Å². The summed E-state index contributed by atoms with van der Waals surface area (Å²) in [5.41, 5.74) is 9.27. The summed E-state index contributed by atoms with van der Waals surface area (Å²) >= 11 is 0. The molecule has 2 N–H and O–H groups in total. The first-order valence-electron chi connectivity index (χ1n) is 4.78. The van der Waals surface area contributed by atoms with Gasteiger partial charge in [-0.15, -0.1) is 0 Å². The average molecular weight is 176 g/mol. The van der Waals surface area contributed by atoms with Gasteiger partial charge in [-0.2, -0.15) is 0 Å². The van der Waals surface area contributed by atoms with E-state index in [1.165, 1.54) is 11.3 Å². The third-order valence-corrected chi connectivity index (χ3v) is 2.59. The summed E-state index contributed by atoms with van der Waals surface area (Å²) in [5.74, 6) is 0.820.